The average Bonchev–Trinajstić information content (AvgIpc) is 3.04. The number of nitrogens with one attached hydrogen (secondary N) is 2. The Morgan fingerprint density at radius 1 is 1.31 bits per heavy atom. The molecule has 1 aliphatic rings. The summed E-state index contributed by atoms with van der Waals surface area (Å²) in [5.41, 5.74) is 0. The molecule has 1 aromatic heterocycles. The lowest BCUT2D eigenvalue weighted by molar-refractivity contribution is -0.138. The summed E-state index contributed by atoms with van der Waals surface area (Å²) >= 11 is 0. The summed E-state index contributed by atoms with van der Waals surface area (Å²) in [5.74, 6) is -1.25. The molecule has 0 unspecified atom stereocenters. The molecule has 0 saturated carbocycles. The fraction of sp³-hybridized carbons (Fsp3) is 0.733. The van der Waals surface area contributed by atoms with Crippen molar-refractivity contribution in [3.63, 3.8) is 0 Å². The number of carboxylic acid groups (broad SMARTS) is 1. The third kappa shape index (κ3) is 5.90. The second-order valence-electron chi connectivity index (χ2n) is 6.32. The summed E-state index contributed by atoms with van der Waals surface area (Å²) in [6, 6.07) is -1.39. The number of halogens is 1. The van der Waals surface area contributed by atoms with Crippen molar-refractivity contribution in [3.8, 4) is 0 Å². The summed E-state index contributed by atoms with van der Waals surface area (Å²) in [7, 11) is 3.50. The number of hydrogen-bond acceptors (Lipinski definition) is 8. The van der Waals surface area contributed by atoms with Gasteiger partial charge in [-0.2, -0.15) is 0 Å². The summed E-state index contributed by atoms with van der Waals surface area (Å²) in [6.07, 6.45) is 1.05. The van der Waals surface area contributed by atoms with Gasteiger partial charge in [0.2, 0.25) is 17.7 Å². The van der Waals surface area contributed by atoms with Gasteiger partial charge in [-0.25, -0.2) is 0 Å². The lowest BCUT2D eigenvalue weighted by atomic mass is 9.96. The Balaban J connectivity index is 0.00000338. The van der Waals surface area contributed by atoms with E-state index in [9.17, 15) is 14.7 Å². The fourth-order valence-corrected chi connectivity index (χ4v) is 2.73. The van der Waals surface area contributed by atoms with Crippen LogP contribution in [-0.4, -0.2) is 71.0 Å². The van der Waals surface area contributed by atoms with Crippen LogP contribution in [0.1, 0.15) is 43.1 Å². The van der Waals surface area contributed by atoms with E-state index in [1.807, 2.05) is 0 Å². The lowest BCUT2D eigenvalue weighted by Gasteiger charge is -2.23. The highest BCUT2D eigenvalue weighted by atomic mass is 35.5. The van der Waals surface area contributed by atoms with Crippen molar-refractivity contribution < 1.29 is 24.2 Å². The summed E-state index contributed by atoms with van der Waals surface area (Å²) in [5, 5.41) is 32.2. The maximum Gasteiger partial charge on any atom is 0.305 e. The number of aliphatic carboxylic acids is 1. The highest BCUT2D eigenvalue weighted by molar-refractivity contribution is 5.85. The van der Waals surface area contributed by atoms with Gasteiger partial charge < -0.3 is 25.3 Å². The zero-order valence-electron chi connectivity index (χ0n) is 14.8. The van der Waals surface area contributed by atoms with Gasteiger partial charge in [0.25, 0.3) is 0 Å². The molecule has 0 aromatic carbocycles. The molecule has 0 aliphatic carbocycles. The van der Waals surface area contributed by atoms with Crippen molar-refractivity contribution >= 4 is 24.3 Å². The van der Waals surface area contributed by atoms with Gasteiger partial charge >= 0.3 is 5.97 Å². The first-order valence-electron chi connectivity index (χ1n) is 8.25. The largest absolute Gasteiger partial charge is 0.481 e. The zero-order valence-corrected chi connectivity index (χ0v) is 15.7. The number of carbonyl (C=O) groups excluding carboxylic acids is 1. The molecule has 4 N–H and O–H groups in total. The molecule has 2 heterocycles. The minimum Gasteiger partial charge on any atom is -0.481 e. The first kappa shape index (κ1) is 22.3. The van der Waals surface area contributed by atoms with Crippen molar-refractivity contribution in [2.45, 2.75) is 31.3 Å². The van der Waals surface area contributed by atoms with Crippen molar-refractivity contribution in [3.05, 3.63) is 11.8 Å². The first-order chi connectivity index (χ1) is 11.9. The van der Waals surface area contributed by atoms with Crippen LogP contribution in [0.2, 0.25) is 0 Å². The van der Waals surface area contributed by atoms with E-state index in [4.69, 9.17) is 9.52 Å². The number of carbonyl (C=O) groups is 2. The maximum atomic E-state index is 12.4. The Morgan fingerprint density at radius 3 is 2.46 bits per heavy atom. The van der Waals surface area contributed by atoms with Crippen LogP contribution < -0.4 is 10.6 Å². The van der Waals surface area contributed by atoms with Gasteiger partial charge in [0, 0.05) is 5.92 Å². The van der Waals surface area contributed by atoms with E-state index in [0.717, 1.165) is 13.1 Å². The molecule has 0 radical (unpaired) electrons. The summed E-state index contributed by atoms with van der Waals surface area (Å²) < 4.78 is 5.53. The van der Waals surface area contributed by atoms with Gasteiger partial charge in [-0.1, -0.05) is 0 Å². The first-order valence-corrected chi connectivity index (χ1v) is 8.25. The van der Waals surface area contributed by atoms with E-state index >= 15 is 0 Å². The fourth-order valence-electron chi connectivity index (χ4n) is 2.73. The van der Waals surface area contributed by atoms with Gasteiger partial charge in [0.05, 0.1) is 13.0 Å². The van der Waals surface area contributed by atoms with Gasteiger partial charge in [-0.05, 0) is 40.0 Å². The van der Waals surface area contributed by atoms with Crippen LogP contribution in [-0.2, 0) is 9.59 Å². The number of likely N-dealkylation sites (N-methyl/N-ethyl adjacent to an activating group) is 1. The number of aliphatic hydroxyl groups excluding tert-OH is 1. The molecular weight excluding hydrogens is 366 g/mol. The van der Waals surface area contributed by atoms with E-state index in [1.54, 1.807) is 19.0 Å². The highest BCUT2D eigenvalue weighted by Gasteiger charge is 2.29. The van der Waals surface area contributed by atoms with Crippen LogP contribution in [0.15, 0.2) is 4.42 Å². The SMILES string of the molecule is CN(C)[C@@H](CO)c1nnc([C@H](CC(=O)O)NC(=O)C2CCNCC2)o1.Cl. The molecule has 0 bridgehead atoms. The Bertz CT molecular complexity index is 591. The molecule has 26 heavy (non-hydrogen) atoms. The Hall–Kier alpha value is -1.75. The van der Waals surface area contributed by atoms with Gasteiger partial charge in [0.15, 0.2) is 0 Å². The zero-order chi connectivity index (χ0) is 18.4. The minimum atomic E-state index is -1.08. The van der Waals surface area contributed by atoms with Crippen LogP contribution in [0.3, 0.4) is 0 Å². The van der Waals surface area contributed by atoms with Crippen LogP contribution in [0, 0.1) is 5.92 Å². The van der Waals surface area contributed by atoms with Gasteiger partial charge in [-0.15, -0.1) is 22.6 Å². The quantitative estimate of drug-likeness (QED) is 0.470. The Kier molecular flexibility index (Phi) is 8.93. The molecule has 11 heteroatoms. The summed E-state index contributed by atoms with van der Waals surface area (Å²) in [6.45, 7) is 1.29. The minimum absolute atomic E-state index is 0. The highest BCUT2D eigenvalue weighted by Crippen LogP contribution is 2.22. The van der Waals surface area contributed by atoms with E-state index in [1.165, 1.54) is 0 Å². The molecule has 1 amide bonds. The molecule has 2 rings (SSSR count). The van der Waals surface area contributed by atoms with Crippen molar-refractivity contribution in [1.29, 1.82) is 0 Å². The molecule has 0 spiro atoms. The number of rotatable bonds is 8. The van der Waals surface area contributed by atoms with Gasteiger partial charge in [0.1, 0.15) is 12.1 Å². The molecule has 1 saturated heterocycles. The Morgan fingerprint density at radius 2 is 1.92 bits per heavy atom. The number of aromatic nitrogens is 2. The van der Waals surface area contributed by atoms with Crippen LogP contribution in [0.5, 0.6) is 0 Å². The number of hydrogen-bond donors (Lipinski definition) is 4. The predicted octanol–water partition coefficient (Wildman–Crippen LogP) is -0.282. The second kappa shape index (κ2) is 10.4. The molecular formula is C15H26ClN5O5. The number of amides is 1. The second-order valence-corrected chi connectivity index (χ2v) is 6.32. The molecule has 148 valence electrons. The van der Waals surface area contributed by atoms with Crippen LogP contribution in [0.4, 0.5) is 0 Å². The standard InChI is InChI=1S/C15H25N5O5.ClH/c1-20(2)11(8-21)15-19-18-14(25-15)10(7-12(22)23)17-13(24)9-3-5-16-6-4-9;/h9-11,16,21H,3-8H2,1-2H3,(H,17,24)(H,22,23);1H/t10-,11-;/m0./s1. The number of nitrogens with zero attached hydrogens (tertiary/aromatic N) is 3. The molecule has 1 fully saturated rings. The van der Waals surface area contributed by atoms with Crippen molar-refractivity contribution in [2.75, 3.05) is 33.8 Å². The third-order valence-electron chi connectivity index (χ3n) is 4.24. The van der Waals surface area contributed by atoms with Crippen molar-refractivity contribution in [2.24, 2.45) is 5.92 Å². The van der Waals surface area contributed by atoms with E-state index < -0.39 is 18.1 Å². The Labute approximate surface area is 157 Å². The predicted molar refractivity (Wildman–Crippen MR) is 93.8 cm³/mol. The monoisotopic (exact) mass is 391 g/mol. The number of aliphatic hydroxyl groups is 1. The van der Waals surface area contributed by atoms with E-state index in [-0.39, 0.29) is 49.0 Å². The van der Waals surface area contributed by atoms with Crippen LogP contribution >= 0.6 is 12.4 Å². The average molecular weight is 392 g/mol. The third-order valence-corrected chi connectivity index (χ3v) is 4.24. The van der Waals surface area contributed by atoms with E-state index in [0.29, 0.717) is 12.8 Å². The van der Waals surface area contributed by atoms with E-state index in [2.05, 4.69) is 20.8 Å². The normalized spacial score (nSPS) is 17.4. The molecule has 2 atom stereocenters. The number of carboxylic acids is 1. The van der Waals surface area contributed by atoms with Gasteiger partial charge in [-0.3, -0.25) is 14.5 Å². The van der Waals surface area contributed by atoms with Crippen LogP contribution in [0.25, 0.3) is 0 Å². The smallest absolute Gasteiger partial charge is 0.305 e. The molecule has 1 aromatic rings. The molecule has 10 nitrogen and oxygen atoms in total. The lowest BCUT2D eigenvalue weighted by Crippen LogP contribution is -2.40. The maximum absolute atomic E-state index is 12.4. The topological polar surface area (TPSA) is 141 Å². The number of piperidine rings is 1. The van der Waals surface area contributed by atoms with Crippen molar-refractivity contribution in [1.82, 2.24) is 25.7 Å². The molecule has 1 aliphatic heterocycles. The summed E-state index contributed by atoms with van der Waals surface area (Å²) in [4.78, 5) is 25.3.